The first-order valence-corrected chi connectivity index (χ1v) is 8.61. The molecule has 0 fully saturated rings. The van der Waals surface area contributed by atoms with Gasteiger partial charge in [-0.25, -0.2) is 0 Å². The van der Waals surface area contributed by atoms with Crippen LogP contribution in [0, 0.1) is 0 Å². The van der Waals surface area contributed by atoms with Gasteiger partial charge in [0.05, 0.1) is 5.52 Å². The molecular weight excluding hydrogens is 439 g/mol. The van der Waals surface area contributed by atoms with Gasteiger partial charge in [0.15, 0.2) is 5.96 Å². The van der Waals surface area contributed by atoms with Crippen LogP contribution >= 0.6 is 24.0 Å². The van der Waals surface area contributed by atoms with Crippen molar-refractivity contribution >= 4 is 40.8 Å². The van der Waals surface area contributed by atoms with Crippen LogP contribution in [0.2, 0.25) is 0 Å². The summed E-state index contributed by atoms with van der Waals surface area (Å²) < 4.78 is 1.94. The van der Waals surface area contributed by atoms with E-state index >= 15 is 0 Å². The van der Waals surface area contributed by atoms with E-state index in [9.17, 15) is 0 Å². The molecule has 7 heteroatoms. The van der Waals surface area contributed by atoms with E-state index in [1.54, 1.807) is 13.2 Å². The Labute approximate surface area is 171 Å². The lowest BCUT2D eigenvalue weighted by Gasteiger charge is -2.12. The van der Waals surface area contributed by atoms with Gasteiger partial charge in [-0.2, -0.15) is 5.10 Å². The number of hydrogen-bond donors (Lipinski definition) is 2. The van der Waals surface area contributed by atoms with Crippen LogP contribution in [0.1, 0.15) is 12.0 Å². The van der Waals surface area contributed by atoms with E-state index in [-0.39, 0.29) is 24.0 Å². The third kappa shape index (κ3) is 5.69. The molecule has 0 unspecified atom stereocenters. The Morgan fingerprint density at radius 2 is 1.92 bits per heavy atom. The van der Waals surface area contributed by atoms with Crippen molar-refractivity contribution in [2.45, 2.75) is 19.4 Å². The minimum atomic E-state index is 0. The zero-order chi connectivity index (χ0) is 17.3. The van der Waals surface area contributed by atoms with Gasteiger partial charge in [-0.1, -0.05) is 24.3 Å². The third-order valence-corrected chi connectivity index (χ3v) is 4.04. The molecule has 2 N–H and O–H groups in total. The Kier molecular flexibility index (Phi) is 8.33. The fraction of sp³-hybridized carbons (Fsp3) is 0.316. The molecule has 26 heavy (non-hydrogen) atoms. The van der Waals surface area contributed by atoms with E-state index < -0.39 is 0 Å². The summed E-state index contributed by atoms with van der Waals surface area (Å²) >= 11 is 0. The molecule has 2 heterocycles. The molecule has 0 saturated carbocycles. The van der Waals surface area contributed by atoms with E-state index in [1.807, 2.05) is 29.2 Å². The SMILES string of the molecule is CN=C(NCCCn1cccn1)NCCc1cccc2cccnc12.I. The number of pyridine rings is 1. The van der Waals surface area contributed by atoms with Gasteiger partial charge in [0.2, 0.25) is 0 Å². The number of nitrogens with one attached hydrogen (secondary N) is 2. The molecule has 138 valence electrons. The van der Waals surface area contributed by atoms with Crippen LogP contribution in [-0.2, 0) is 13.0 Å². The monoisotopic (exact) mass is 464 g/mol. The Morgan fingerprint density at radius 1 is 1.08 bits per heavy atom. The number of halogens is 1. The highest BCUT2D eigenvalue weighted by atomic mass is 127. The minimum Gasteiger partial charge on any atom is -0.356 e. The number of benzene rings is 1. The van der Waals surface area contributed by atoms with E-state index in [0.29, 0.717) is 0 Å². The maximum Gasteiger partial charge on any atom is 0.190 e. The molecule has 0 saturated heterocycles. The normalized spacial score (nSPS) is 11.2. The third-order valence-electron chi connectivity index (χ3n) is 4.04. The highest BCUT2D eigenvalue weighted by molar-refractivity contribution is 14.0. The number of rotatable bonds is 7. The van der Waals surface area contributed by atoms with Gasteiger partial charge in [-0.05, 0) is 30.5 Å². The van der Waals surface area contributed by atoms with Crippen molar-refractivity contribution in [1.82, 2.24) is 25.4 Å². The second-order valence-corrected chi connectivity index (χ2v) is 5.79. The van der Waals surface area contributed by atoms with Crippen LogP contribution in [0.15, 0.2) is 60.0 Å². The Morgan fingerprint density at radius 3 is 2.73 bits per heavy atom. The Balaban J connectivity index is 0.00000243. The summed E-state index contributed by atoms with van der Waals surface area (Å²) in [4.78, 5) is 8.77. The van der Waals surface area contributed by atoms with E-state index in [2.05, 4.69) is 50.0 Å². The first kappa shape index (κ1) is 20.2. The Hall–Kier alpha value is -2.16. The molecule has 1 aromatic carbocycles. The van der Waals surface area contributed by atoms with Gasteiger partial charge >= 0.3 is 0 Å². The standard InChI is InChI=1S/C19H24N6.HI/c1-20-19(22-11-4-14-25-15-5-12-24-25)23-13-9-17-7-2-6-16-8-3-10-21-18(16)17;/h2-3,5-8,10,12,15H,4,9,11,13-14H2,1H3,(H2,20,22,23);1H. The molecular formula is C19H25IN6. The molecule has 0 atom stereocenters. The summed E-state index contributed by atoms with van der Waals surface area (Å²) in [5.41, 5.74) is 2.33. The molecule has 0 aliphatic carbocycles. The van der Waals surface area contributed by atoms with Crippen LogP contribution in [0.25, 0.3) is 10.9 Å². The van der Waals surface area contributed by atoms with Crippen LogP contribution in [0.4, 0.5) is 0 Å². The smallest absolute Gasteiger partial charge is 0.190 e. The minimum absolute atomic E-state index is 0. The van der Waals surface area contributed by atoms with Gasteiger partial charge in [0, 0.05) is 50.7 Å². The fourth-order valence-electron chi connectivity index (χ4n) is 2.79. The average Bonchev–Trinajstić information content (AvgIpc) is 3.17. The summed E-state index contributed by atoms with van der Waals surface area (Å²) in [6.45, 7) is 2.57. The van der Waals surface area contributed by atoms with Crippen molar-refractivity contribution in [3.05, 3.63) is 60.6 Å². The maximum atomic E-state index is 4.50. The topological polar surface area (TPSA) is 67.1 Å². The second kappa shape index (κ2) is 10.7. The number of aliphatic imine (C=N–C) groups is 1. The first-order chi connectivity index (χ1) is 12.4. The fourth-order valence-corrected chi connectivity index (χ4v) is 2.79. The van der Waals surface area contributed by atoms with E-state index in [1.165, 1.54) is 10.9 Å². The van der Waals surface area contributed by atoms with Crippen molar-refractivity contribution < 1.29 is 0 Å². The molecule has 0 aliphatic heterocycles. The van der Waals surface area contributed by atoms with Crippen molar-refractivity contribution in [3.63, 3.8) is 0 Å². The van der Waals surface area contributed by atoms with Gasteiger partial charge < -0.3 is 10.6 Å². The molecule has 0 radical (unpaired) electrons. The molecule has 0 aliphatic rings. The highest BCUT2D eigenvalue weighted by Crippen LogP contribution is 2.15. The zero-order valence-electron chi connectivity index (χ0n) is 14.9. The van der Waals surface area contributed by atoms with Crippen LogP contribution in [0.5, 0.6) is 0 Å². The number of fused-ring (bicyclic) bond motifs is 1. The molecule has 6 nitrogen and oxygen atoms in total. The molecule has 2 aromatic heterocycles. The maximum absolute atomic E-state index is 4.50. The van der Waals surface area contributed by atoms with Gasteiger partial charge in [0.1, 0.15) is 0 Å². The van der Waals surface area contributed by atoms with E-state index in [0.717, 1.165) is 44.0 Å². The van der Waals surface area contributed by atoms with Crippen LogP contribution in [-0.4, -0.2) is 40.9 Å². The predicted molar refractivity (Wildman–Crippen MR) is 117 cm³/mol. The molecule has 0 amide bonds. The number of aromatic nitrogens is 3. The zero-order valence-corrected chi connectivity index (χ0v) is 17.3. The summed E-state index contributed by atoms with van der Waals surface area (Å²) in [7, 11) is 1.79. The molecule has 0 bridgehead atoms. The summed E-state index contributed by atoms with van der Waals surface area (Å²) in [5, 5.41) is 12.1. The van der Waals surface area contributed by atoms with Crippen LogP contribution in [0.3, 0.4) is 0 Å². The van der Waals surface area contributed by atoms with Crippen molar-refractivity contribution in [2.24, 2.45) is 4.99 Å². The number of hydrogen-bond acceptors (Lipinski definition) is 3. The van der Waals surface area contributed by atoms with Crippen molar-refractivity contribution in [2.75, 3.05) is 20.1 Å². The summed E-state index contributed by atoms with van der Waals surface area (Å²) in [5.74, 6) is 0.827. The predicted octanol–water partition coefficient (Wildman–Crippen LogP) is 2.85. The molecule has 3 rings (SSSR count). The van der Waals surface area contributed by atoms with E-state index in [4.69, 9.17) is 0 Å². The second-order valence-electron chi connectivity index (χ2n) is 5.79. The van der Waals surface area contributed by atoms with Crippen molar-refractivity contribution in [3.8, 4) is 0 Å². The number of para-hydroxylation sites is 1. The lowest BCUT2D eigenvalue weighted by molar-refractivity contribution is 0.570. The highest BCUT2D eigenvalue weighted by Gasteiger charge is 2.02. The number of guanidine groups is 1. The van der Waals surface area contributed by atoms with Crippen LogP contribution < -0.4 is 10.6 Å². The number of aryl methyl sites for hydroxylation is 1. The largest absolute Gasteiger partial charge is 0.356 e. The van der Waals surface area contributed by atoms with Gasteiger partial charge in [0.25, 0.3) is 0 Å². The quantitative estimate of drug-likeness (QED) is 0.244. The molecule has 0 spiro atoms. The number of nitrogens with zero attached hydrogens (tertiary/aromatic N) is 4. The molecule has 3 aromatic rings. The van der Waals surface area contributed by atoms with Gasteiger partial charge in [-0.15, -0.1) is 24.0 Å². The summed E-state index contributed by atoms with van der Waals surface area (Å²) in [6, 6.07) is 12.3. The van der Waals surface area contributed by atoms with Crippen molar-refractivity contribution in [1.29, 1.82) is 0 Å². The van der Waals surface area contributed by atoms with Gasteiger partial charge in [-0.3, -0.25) is 14.7 Å². The summed E-state index contributed by atoms with van der Waals surface area (Å²) in [6.07, 6.45) is 7.53. The average molecular weight is 464 g/mol. The first-order valence-electron chi connectivity index (χ1n) is 8.61. The Bertz CT molecular complexity index is 811. The lowest BCUT2D eigenvalue weighted by atomic mass is 10.1. The lowest BCUT2D eigenvalue weighted by Crippen LogP contribution is -2.39.